The first-order valence-electron chi connectivity index (χ1n) is 4.15. The Morgan fingerprint density at radius 3 is 2.92 bits per heavy atom. The Hall–Kier alpha value is -1.12. The number of likely N-dealkylation sites (tertiary alicyclic amines) is 1. The number of imide groups is 1. The Labute approximate surface area is 72.0 Å². The van der Waals surface area contributed by atoms with Gasteiger partial charge in [-0.1, -0.05) is 19.9 Å². The molecule has 1 aliphatic heterocycles. The Morgan fingerprint density at radius 2 is 2.50 bits per heavy atom. The predicted octanol–water partition coefficient (Wildman–Crippen LogP) is 0.958. The lowest BCUT2D eigenvalue weighted by Crippen LogP contribution is -2.30. The quantitative estimate of drug-likeness (QED) is 0.574. The zero-order valence-corrected chi connectivity index (χ0v) is 7.25. The second-order valence-corrected chi connectivity index (χ2v) is 3.03. The van der Waals surface area contributed by atoms with E-state index in [4.69, 9.17) is 0 Å². The Morgan fingerprint density at radius 1 is 1.83 bits per heavy atom. The highest BCUT2D eigenvalue weighted by Crippen LogP contribution is 2.20. The number of carbonyl (C=O) groups excluding carboxylic acids is 2. The van der Waals surface area contributed by atoms with Crippen molar-refractivity contribution in [1.29, 1.82) is 0 Å². The summed E-state index contributed by atoms with van der Waals surface area (Å²) >= 11 is 0. The normalized spacial score (nSPS) is 22.9. The minimum Gasteiger partial charge on any atom is -0.279 e. The van der Waals surface area contributed by atoms with Crippen LogP contribution in [0.4, 0.5) is 0 Å². The summed E-state index contributed by atoms with van der Waals surface area (Å²) in [6, 6.07) is 0. The van der Waals surface area contributed by atoms with Crippen molar-refractivity contribution in [2.75, 3.05) is 6.54 Å². The molecule has 0 spiro atoms. The summed E-state index contributed by atoms with van der Waals surface area (Å²) in [5, 5.41) is 0. The third kappa shape index (κ3) is 1.55. The van der Waals surface area contributed by atoms with E-state index in [-0.39, 0.29) is 11.8 Å². The van der Waals surface area contributed by atoms with Gasteiger partial charge in [-0.3, -0.25) is 14.5 Å². The molecular weight excluding hydrogens is 154 g/mol. The van der Waals surface area contributed by atoms with E-state index in [9.17, 15) is 9.59 Å². The van der Waals surface area contributed by atoms with Crippen molar-refractivity contribution in [3.8, 4) is 0 Å². The lowest BCUT2D eigenvalue weighted by molar-refractivity contribution is -0.138. The largest absolute Gasteiger partial charge is 0.279 e. The van der Waals surface area contributed by atoms with Gasteiger partial charge < -0.3 is 0 Å². The van der Waals surface area contributed by atoms with Crippen LogP contribution < -0.4 is 0 Å². The van der Waals surface area contributed by atoms with Crippen LogP contribution in [0.2, 0.25) is 0 Å². The van der Waals surface area contributed by atoms with E-state index in [1.807, 2.05) is 6.92 Å². The predicted molar refractivity (Wildman–Crippen MR) is 45.3 cm³/mol. The molecule has 0 radical (unpaired) electrons. The van der Waals surface area contributed by atoms with Crippen molar-refractivity contribution in [2.24, 2.45) is 5.92 Å². The minimum absolute atomic E-state index is 0.0632. The van der Waals surface area contributed by atoms with Crippen LogP contribution in [0.1, 0.15) is 19.8 Å². The summed E-state index contributed by atoms with van der Waals surface area (Å²) in [5.41, 5.74) is 0. The Bertz CT molecular complexity index is 223. The van der Waals surface area contributed by atoms with E-state index in [2.05, 4.69) is 6.58 Å². The molecule has 0 saturated carbocycles. The van der Waals surface area contributed by atoms with E-state index in [0.29, 0.717) is 18.9 Å². The van der Waals surface area contributed by atoms with Crippen LogP contribution in [0.5, 0.6) is 0 Å². The van der Waals surface area contributed by atoms with Crippen LogP contribution in [-0.4, -0.2) is 23.3 Å². The van der Waals surface area contributed by atoms with Gasteiger partial charge in [0, 0.05) is 13.0 Å². The number of nitrogens with zero attached hydrogens (tertiary/aromatic N) is 1. The molecule has 2 amide bonds. The van der Waals surface area contributed by atoms with Gasteiger partial charge in [0.25, 0.3) is 5.91 Å². The van der Waals surface area contributed by atoms with Crippen LogP contribution in [0.15, 0.2) is 12.7 Å². The summed E-state index contributed by atoms with van der Waals surface area (Å²) in [4.78, 5) is 23.6. The maximum Gasteiger partial charge on any atom is 0.252 e. The van der Waals surface area contributed by atoms with Crippen molar-refractivity contribution in [3.63, 3.8) is 0 Å². The highest BCUT2D eigenvalue weighted by molar-refractivity contribution is 6.01. The molecule has 0 aliphatic carbocycles. The number of amides is 2. The maximum absolute atomic E-state index is 11.2. The average Bonchev–Trinajstić information content (AvgIpc) is 2.45. The fraction of sp³-hybridized carbons (Fsp3) is 0.556. The molecule has 0 aromatic heterocycles. The van der Waals surface area contributed by atoms with Gasteiger partial charge in [-0.15, -0.1) is 0 Å². The van der Waals surface area contributed by atoms with Gasteiger partial charge in [0.05, 0.1) is 0 Å². The number of rotatable bonds is 2. The van der Waals surface area contributed by atoms with Crippen molar-refractivity contribution in [3.05, 3.63) is 12.7 Å². The van der Waals surface area contributed by atoms with Gasteiger partial charge in [-0.2, -0.15) is 0 Å². The van der Waals surface area contributed by atoms with Crippen LogP contribution in [0, 0.1) is 5.92 Å². The number of hydrogen-bond acceptors (Lipinski definition) is 2. The topological polar surface area (TPSA) is 37.4 Å². The summed E-state index contributed by atoms with van der Waals surface area (Å²) in [5.74, 6) is 0.0177. The molecule has 1 aliphatic rings. The molecule has 1 heterocycles. The number of carbonyl (C=O) groups is 2. The van der Waals surface area contributed by atoms with E-state index in [0.717, 1.165) is 6.42 Å². The summed E-state index contributed by atoms with van der Waals surface area (Å²) < 4.78 is 0. The van der Waals surface area contributed by atoms with Gasteiger partial charge in [0.1, 0.15) is 0 Å². The van der Waals surface area contributed by atoms with Crippen molar-refractivity contribution in [2.45, 2.75) is 19.8 Å². The fourth-order valence-corrected chi connectivity index (χ4v) is 1.38. The van der Waals surface area contributed by atoms with Crippen molar-refractivity contribution in [1.82, 2.24) is 4.90 Å². The monoisotopic (exact) mass is 167 g/mol. The van der Waals surface area contributed by atoms with Crippen molar-refractivity contribution < 1.29 is 9.59 Å². The molecule has 1 saturated heterocycles. The standard InChI is InChI=1S/C9H13NO2/c1-3-7-5-9(12)10(6-7)8(11)4-2/h4,7H,2-3,5-6H2,1H3. The Kier molecular flexibility index (Phi) is 2.63. The minimum atomic E-state index is -0.268. The molecule has 66 valence electrons. The van der Waals surface area contributed by atoms with Crippen LogP contribution >= 0.6 is 0 Å². The summed E-state index contributed by atoms with van der Waals surface area (Å²) in [7, 11) is 0. The molecule has 0 N–H and O–H groups in total. The molecule has 0 aromatic rings. The first kappa shape index (κ1) is 8.97. The molecule has 12 heavy (non-hydrogen) atoms. The first-order valence-corrected chi connectivity index (χ1v) is 4.15. The zero-order chi connectivity index (χ0) is 9.14. The molecule has 1 atom stereocenters. The van der Waals surface area contributed by atoms with Crippen molar-refractivity contribution >= 4 is 11.8 Å². The summed E-state index contributed by atoms with van der Waals surface area (Å²) in [6.07, 6.45) is 2.65. The van der Waals surface area contributed by atoms with Gasteiger partial charge in [0.15, 0.2) is 0 Å². The van der Waals surface area contributed by atoms with E-state index in [1.165, 1.54) is 11.0 Å². The average molecular weight is 167 g/mol. The van der Waals surface area contributed by atoms with E-state index >= 15 is 0 Å². The molecule has 0 bridgehead atoms. The number of hydrogen-bond donors (Lipinski definition) is 0. The van der Waals surface area contributed by atoms with Gasteiger partial charge in [0.2, 0.25) is 5.91 Å². The van der Waals surface area contributed by atoms with E-state index in [1.54, 1.807) is 0 Å². The molecule has 3 heteroatoms. The molecule has 1 fully saturated rings. The van der Waals surface area contributed by atoms with E-state index < -0.39 is 0 Å². The highest BCUT2D eigenvalue weighted by Gasteiger charge is 2.31. The summed E-state index contributed by atoms with van der Waals surface area (Å²) in [6.45, 7) is 5.94. The molecule has 1 rings (SSSR count). The second-order valence-electron chi connectivity index (χ2n) is 3.03. The lowest BCUT2D eigenvalue weighted by Gasteiger charge is -2.10. The van der Waals surface area contributed by atoms with Crippen LogP contribution in [0.25, 0.3) is 0 Å². The molecular formula is C9H13NO2. The Balaban J connectivity index is 2.63. The van der Waals surface area contributed by atoms with Gasteiger partial charge in [-0.25, -0.2) is 0 Å². The fourth-order valence-electron chi connectivity index (χ4n) is 1.38. The first-order chi connectivity index (χ1) is 5.69. The van der Waals surface area contributed by atoms with Gasteiger partial charge >= 0.3 is 0 Å². The lowest BCUT2D eigenvalue weighted by atomic mass is 10.1. The van der Waals surface area contributed by atoms with Gasteiger partial charge in [-0.05, 0) is 12.0 Å². The highest BCUT2D eigenvalue weighted by atomic mass is 16.2. The second kappa shape index (κ2) is 3.52. The van der Waals surface area contributed by atoms with Crippen LogP contribution in [-0.2, 0) is 9.59 Å². The molecule has 0 aromatic carbocycles. The SMILES string of the molecule is C=CC(=O)N1CC(CC)CC1=O. The third-order valence-corrected chi connectivity index (χ3v) is 2.22. The third-order valence-electron chi connectivity index (χ3n) is 2.22. The molecule has 3 nitrogen and oxygen atoms in total. The maximum atomic E-state index is 11.2. The van der Waals surface area contributed by atoms with Crippen LogP contribution in [0.3, 0.4) is 0 Å². The molecule has 1 unspecified atom stereocenters. The zero-order valence-electron chi connectivity index (χ0n) is 7.25. The smallest absolute Gasteiger partial charge is 0.252 e.